The first-order valence-electron chi connectivity index (χ1n) is 9.50. The minimum atomic E-state index is -3.54. The maximum absolute atomic E-state index is 12.8. The summed E-state index contributed by atoms with van der Waals surface area (Å²) in [5.74, 6) is -0.651. The third-order valence-electron chi connectivity index (χ3n) is 5.07. The molecule has 0 saturated carbocycles. The number of aryl methyl sites for hydroxylation is 1. The van der Waals surface area contributed by atoms with Gasteiger partial charge in [0.1, 0.15) is 0 Å². The highest BCUT2D eigenvalue weighted by Gasteiger charge is 2.32. The zero-order valence-electron chi connectivity index (χ0n) is 15.9. The Morgan fingerprint density at radius 3 is 2.57 bits per heavy atom. The number of amides is 1. The lowest BCUT2D eigenvalue weighted by Gasteiger charge is -2.31. The molecule has 1 heterocycles. The average Bonchev–Trinajstić information content (AvgIpc) is 2.70. The molecule has 0 radical (unpaired) electrons. The van der Waals surface area contributed by atoms with Gasteiger partial charge in [0.15, 0.2) is 0 Å². The topological polar surface area (TPSA) is 66.5 Å². The molecule has 1 saturated heterocycles. The number of hydrogen-bond donors (Lipinski definition) is 1. The largest absolute Gasteiger partial charge is 0.326 e. The van der Waals surface area contributed by atoms with Gasteiger partial charge in [-0.15, -0.1) is 0 Å². The van der Waals surface area contributed by atoms with Crippen molar-refractivity contribution in [3.63, 3.8) is 0 Å². The number of nitrogens with zero attached hydrogens (tertiary/aromatic N) is 1. The molecule has 0 unspecified atom stereocenters. The van der Waals surface area contributed by atoms with E-state index >= 15 is 0 Å². The molecule has 1 aliphatic rings. The molecule has 28 heavy (non-hydrogen) atoms. The van der Waals surface area contributed by atoms with Crippen LogP contribution in [0.5, 0.6) is 0 Å². The van der Waals surface area contributed by atoms with E-state index in [0.29, 0.717) is 30.0 Å². The van der Waals surface area contributed by atoms with Gasteiger partial charge in [0.2, 0.25) is 15.9 Å². The minimum absolute atomic E-state index is 0.137. The van der Waals surface area contributed by atoms with Crippen molar-refractivity contribution < 1.29 is 13.2 Å². The number of rotatable bonds is 6. The summed E-state index contributed by atoms with van der Waals surface area (Å²) in [5.41, 5.74) is 2.51. The Morgan fingerprint density at radius 1 is 1.18 bits per heavy atom. The highest BCUT2D eigenvalue weighted by Crippen LogP contribution is 2.25. The third kappa shape index (κ3) is 5.13. The highest BCUT2D eigenvalue weighted by molar-refractivity contribution is 7.88. The van der Waals surface area contributed by atoms with Gasteiger partial charge in [0, 0.05) is 23.8 Å². The predicted octanol–water partition coefficient (Wildman–Crippen LogP) is 4.08. The Bertz CT molecular complexity index is 929. The van der Waals surface area contributed by atoms with Crippen molar-refractivity contribution in [3.8, 4) is 0 Å². The summed E-state index contributed by atoms with van der Waals surface area (Å²) in [7, 11) is -3.54. The Kier molecular flexibility index (Phi) is 6.75. The maximum Gasteiger partial charge on any atom is 0.228 e. The van der Waals surface area contributed by atoms with E-state index < -0.39 is 10.0 Å². The first-order chi connectivity index (χ1) is 13.4. The summed E-state index contributed by atoms with van der Waals surface area (Å²) in [6, 6.07) is 14.7. The summed E-state index contributed by atoms with van der Waals surface area (Å²) in [4.78, 5) is 12.7. The summed E-state index contributed by atoms with van der Waals surface area (Å²) in [6.07, 6.45) is 2.28. The van der Waals surface area contributed by atoms with E-state index in [4.69, 9.17) is 11.6 Å². The van der Waals surface area contributed by atoms with E-state index in [0.717, 1.165) is 12.1 Å². The molecule has 0 spiro atoms. The van der Waals surface area contributed by atoms with E-state index in [-0.39, 0.29) is 24.1 Å². The molecular formula is C21H25ClN2O3S. The number of sulfonamides is 1. The summed E-state index contributed by atoms with van der Waals surface area (Å²) in [6.45, 7) is 2.71. The van der Waals surface area contributed by atoms with Gasteiger partial charge in [-0.3, -0.25) is 4.79 Å². The van der Waals surface area contributed by atoms with Crippen LogP contribution in [0.1, 0.15) is 30.9 Å². The molecule has 1 aliphatic heterocycles. The fraction of sp³-hybridized carbons (Fsp3) is 0.381. The zero-order valence-corrected chi connectivity index (χ0v) is 17.5. The summed E-state index contributed by atoms with van der Waals surface area (Å²) in [5, 5.41) is 3.35. The van der Waals surface area contributed by atoms with Crippen LogP contribution >= 0.6 is 11.6 Å². The van der Waals surface area contributed by atoms with Crippen LogP contribution < -0.4 is 5.32 Å². The quantitative estimate of drug-likeness (QED) is 0.765. The van der Waals surface area contributed by atoms with E-state index in [1.54, 1.807) is 24.3 Å². The lowest BCUT2D eigenvalue weighted by molar-refractivity contribution is -0.120. The van der Waals surface area contributed by atoms with Gasteiger partial charge in [-0.25, -0.2) is 12.7 Å². The Balaban J connectivity index is 1.65. The van der Waals surface area contributed by atoms with Crippen molar-refractivity contribution >= 4 is 33.2 Å². The monoisotopic (exact) mass is 420 g/mol. The van der Waals surface area contributed by atoms with Crippen molar-refractivity contribution in [2.24, 2.45) is 5.92 Å². The average molecular weight is 421 g/mol. The van der Waals surface area contributed by atoms with E-state index in [1.807, 2.05) is 24.3 Å². The number of anilines is 1. The summed E-state index contributed by atoms with van der Waals surface area (Å²) < 4.78 is 27.1. The molecule has 5 nitrogen and oxygen atoms in total. The molecule has 1 amide bonds. The number of hydrogen-bond acceptors (Lipinski definition) is 3. The molecule has 2 aromatic carbocycles. The minimum Gasteiger partial charge on any atom is -0.326 e. The number of carbonyl (C=O) groups is 1. The zero-order chi connectivity index (χ0) is 20.1. The molecule has 0 aromatic heterocycles. The van der Waals surface area contributed by atoms with Gasteiger partial charge < -0.3 is 5.32 Å². The van der Waals surface area contributed by atoms with Crippen molar-refractivity contribution in [1.29, 1.82) is 0 Å². The molecule has 1 N–H and O–H groups in total. The standard InChI is InChI=1S/C21H25ClN2O3S/c1-2-16-9-11-19(12-10-16)23-21(25)17-7-5-13-24(14-17)28(26,27)15-18-6-3-4-8-20(18)22/h3-4,6,8-12,17H,2,5,7,13-15H2,1H3,(H,23,25)/t17-/m0/s1. The lowest BCUT2D eigenvalue weighted by Crippen LogP contribution is -2.44. The lowest BCUT2D eigenvalue weighted by atomic mass is 9.98. The number of piperidine rings is 1. The normalized spacial score (nSPS) is 18.0. The van der Waals surface area contributed by atoms with Crippen molar-refractivity contribution in [2.45, 2.75) is 31.9 Å². The molecule has 150 valence electrons. The van der Waals surface area contributed by atoms with Crippen LogP contribution in [0.4, 0.5) is 5.69 Å². The highest BCUT2D eigenvalue weighted by atomic mass is 35.5. The smallest absolute Gasteiger partial charge is 0.228 e. The second-order valence-electron chi connectivity index (χ2n) is 7.08. The number of halogens is 1. The van der Waals surface area contributed by atoms with E-state index in [9.17, 15) is 13.2 Å². The van der Waals surface area contributed by atoms with Gasteiger partial charge in [0.05, 0.1) is 11.7 Å². The molecule has 7 heteroatoms. The first-order valence-corrected chi connectivity index (χ1v) is 11.5. The van der Waals surface area contributed by atoms with Crippen LogP contribution in [0.15, 0.2) is 48.5 Å². The SMILES string of the molecule is CCc1ccc(NC(=O)[C@H]2CCCN(S(=O)(=O)Cc3ccccc3Cl)C2)cc1. The van der Waals surface area contributed by atoms with Gasteiger partial charge in [0.25, 0.3) is 0 Å². The number of carbonyl (C=O) groups excluding carboxylic acids is 1. The number of nitrogens with one attached hydrogen (secondary N) is 1. The van der Waals surface area contributed by atoms with Crippen LogP contribution in [0.2, 0.25) is 5.02 Å². The Labute approximate surface area is 171 Å². The fourth-order valence-electron chi connectivity index (χ4n) is 3.38. The molecule has 3 rings (SSSR count). The Morgan fingerprint density at radius 2 is 1.89 bits per heavy atom. The van der Waals surface area contributed by atoms with Gasteiger partial charge in [-0.05, 0) is 48.6 Å². The molecule has 0 bridgehead atoms. The molecular weight excluding hydrogens is 396 g/mol. The van der Waals surface area contributed by atoms with Gasteiger partial charge in [-0.2, -0.15) is 0 Å². The van der Waals surface area contributed by atoms with Crippen LogP contribution in [-0.2, 0) is 27.0 Å². The molecule has 1 atom stereocenters. The second-order valence-corrected chi connectivity index (χ2v) is 9.46. The van der Waals surface area contributed by atoms with E-state index in [2.05, 4.69) is 12.2 Å². The summed E-state index contributed by atoms with van der Waals surface area (Å²) >= 11 is 6.11. The van der Waals surface area contributed by atoms with Crippen LogP contribution in [0, 0.1) is 5.92 Å². The van der Waals surface area contributed by atoms with Crippen molar-refractivity contribution in [2.75, 3.05) is 18.4 Å². The Hall–Kier alpha value is -1.89. The number of benzene rings is 2. The maximum atomic E-state index is 12.8. The molecule has 2 aromatic rings. The fourth-order valence-corrected chi connectivity index (χ4v) is 5.30. The predicted molar refractivity (Wildman–Crippen MR) is 113 cm³/mol. The van der Waals surface area contributed by atoms with Gasteiger partial charge >= 0.3 is 0 Å². The van der Waals surface area contributed by atoms with Crippen LogP contribution in [0.25, 0.3) is 0 Å². The molecule has 0 aliphatic carbocycles. The van der Waals surface area contributed by atoms with Crippen LogP contribution in [-0.4, -0.2) is 31.7 Å². The third-order valence-corrected chi connectivity index (χ3v) is 7.24. The second kappa shape index (κ2) is 9.07. The first kappa shape index (κ1) is 20.8. The van der Waals surface area contributed by atoms with Crippen molar-refractivity contribution in [1.82, 2.24) is 4.31 Å². The van der Waals surface area contributed by atoms with Gasteiger partial charge in [-0.1, -0.05) is 48.9 Å². The van der Waals surface area contributed by atoms with Crippen LogP contribution in [0.3, 0.4) is 0 Å². The van der Waals surface area contributed by atoms with E-state index in [1.165, 1.54) is 9.87 Å². The van der Waals surface area contributed by atoms with Crippen molar-refractivity contribution in [3.05, 3.63) is 64.7 Å². The molecule has 1 fully saturated rings.